The van der Waals surface area contributed by atoms with E-state index in [-0.39, 0.29) is 18.3 Å². The lowest BCUT2D eigenvalue weighted by Crippen LogP contribution is -2.19. The Balaban J connectivity index is 0.00000176. The molecule has 0 spiro atoms. The summed E-state index contributed by atoms with van der Waals surface area (Å²) in [5, 5.41) is 3.35. The van der Waals surface area contributed by atoms with Crippen LogP contribution in [0.25, 0.3) is 6.08 Å². The van der Waals surface area contributed by atoms with Gasteiger partial charge in [-0.25, -0.2) is 4.99 Å². The summed E-state index contributed by atoms with van der Waals surface area (Å²) in [6.45, 7) is 0. The number of thioether (sulfide) groups is 1. The number of carbonyl (C=O) groups is 1. The summed E-state index contributed by atoms with van der Waals surface area (Å²) in [6, 6.07) is 11.3. The van der Waals surface area contributed by atoms with Gasteiger partial charge in [-0.1, -0.05) is 15.9 Å². The summed E-state index contributed by atoms with van der Waals surface area (Å²) in [5.74, 6) is -0.132. The fraction of sp³-hybridized carbons (Fsp3) is 0. The fourth-order valence-electron chi connectivity index (χ4n) is 1.72. The van der Waals surface area contributed by atoms with E-state index in [2.05, 4.69) is 31.2 Å². The molecule has 2 aromatic rings. The Morgan fingerprint density at radius 2 is 1.82 bits per heavy atom. The van der Waals surface area contributed by atoms with Gasteiger partial charge in [0.2, 0.25) is 0 Å². The number of amides is 1. The first-order valence-electron chi connectivity index (χ1n) is 6.16. The number of aromatic nitrogens is 1. The van der Waals surface area contributed by atoms with Gasteiger partial charge in [0.05, 0.1) is 10.6 Å². The second-order valence-corrected chi connectivity index (χ2v) is 6.19. The van der Waals surface area contributed by atoms with Crippen molar-refractivity contribution in [1.29, 1.82) is 0 Å². The molecule has 1 aliphatic heterocycles. The lowest BCUT2D eigenvalue weighted by atomic mass is 10.2. The van der Waals surface area contributed by atoms with Crippen molar-refractivity contribution in [3.8, 4) is 0 Å². The van der Waals surface area contributed by atoms with Crippen LogP contribution in [-0.2, 0) is 4.79 Å². The maximum Gasteiger partial charge on any atom is 0.264 e. The van der Waals surface area contributed by atoms with Gasteiger partial charge in [-0.2, -0.15) is 0 Å². The average molecular weight is 397 g/mol. The largest absolute Gasteiger partial charge is 0.300 e. The number of nitrogens with one attached hydrogen (secondary N) is 1. The van der Waals surface area contributed by atoms with Gasteiger partial charge in [0.1, 0.15) is 0 Å². The molecule has 1 fully saturated rings. The van der Waals surface area contributed by atoms with Gasteiger partial charge in [0, 0.05) is 16.9 Å². The van der Waals surface area contributed by atoms with E-state index in [4.69, 9.17) is 0 Å². The maximum absolute atomic E-state index is 11.9. The SMILES string of the molecule is Cl.O=C1NC(=Nc2ccc(Br)cc2)SC1=Cc1ccncc1. The number of halogens is 2. The number of hydrogen-bond donors (Lipinski definition) is 1. The van der Waals surface area contributed by atoms with Gasteiger partial charge in [-0.3, -0.25) is 9.78 Å². The van der Waals surface area contributed by atoms with Crippen molar-refractivity contribution in [2.75, 3.05) is 0 Å². The lowest BCUT2D eigenvalue weighted by Gasteiger charge is -1.96. The monoisotopic (exact) mass is 395 g/mol. The molecule has 4 nitrogen and oxygen atoms in total. The number of aliphatic imine (C=N–C) groups is 1. The highest BCUT2D eigenvalue weighted by molar-refractivity contribution is 9.10. The summed E-state index contributed by atoms with van der Waals surface area (Å²) in [7, 11) is 0. The Bertz CT molecular complexity index is 732. The van der Waals surface area contributed by atoms with Crippen LogP contribution in [0.1, 0.15) is 5.56 Å². The molecule has 0 aliphatic carbocycles. The standard InChI is InChI=1S/C15H10BrN3OS.ClH/c16-11-1-3-12(4-2-11)18-15-19-14(20)13(21-15)9-10-5-7-17-8-6-10;/h1-9H,(H,18,19,20);1H. The van der Waals surface area contributed by atoms with Crippen LogP contribution in [0.4, 0.5) is 5.69 Å². The van der Waals surface area contributed by atoms with Crippen LogP contribution in [0, 0.1) is 0 Å². The molecule has 7 heteroatoms. The predicted octanol–water partition coefficient (Wildman–Crippen LogP) is 4.16. The molecule has 0 bridgehead atoms. The molecule has 1 N–H and O–H groups in total. The van der Waals surface area contributed by atoms with Gasteiger partial charge in [-0.15, -0.1) is 12.4 Å². The van der Waals surface area contributed by atoms with E-state index in [1.165, 1.54) is 11.8 Å². The molecule has 1 aliphatic rings. The van der Waals surface area contributed by atoms with Crippen molar-refractivity contribution in [3.63, 3.8) is 0 Å². The minimum absolute atomic E-state index is 0. The number of hydrogen-bond acceptors (Lipinski definition) is 4. The molecule has 0 atom stereocenters. The van der Waals surface area contributed by atoms with E-state index in [9.17, 15) is 4.79 Å². The highest BCUT2D eigenvalue weighted by Gasteiger charge is 2.23. The van der Waals surface area contributed by atoms with Gasteiger partial charge in [0.15, 0.2) is 5.17 Å². The molecular formula is C15H11BrClN3OS. The Morgan fingerprint density at radius 1 is 1.14 bits per heavy atom. The van der Waals surface area contributed by atoms with Gasteiger partial charge < -0.3 is 5.32 Å². The normalized spacial score (nSPS) is 17.4. The third kappa shape index (κ3) is 4.19. The number of pyridine rings is 1. The quantitative estimate of drug-likeness (QED) is 0.776. The molecule has 1 aromatic carbocycles. The minimum Gasteiger partial charge on any atom is -0.300 e. The fourth-order valence-corrected chi connectivity index (χ4v) is 2.83. The van der Waals surface area contributed by atoms with Gasteiger partial charge in [-0.05, 0) is 59.8 Å². The topological polar surface area (TPSA) is 54.4 Å². The van der Waals surface area contributed by atoms with Crippen molar-refractivity contribution in [2.45, 2.75) is 0 Å². The summed E-state index contributed by atoms with van der Waals surface area (Å²) in [5.41, 5.74) is 1.73. The first-order chi connectivity index (χ1) is 10.2. The first kappa shape index (κ1) is 16.7. The van der Waals surface area contributed by atoms with Gasteiger partial charge in [0.25, 0.3) is 5.91 Å². The number of rotatable bonds is 2. The molecule has 2 heterocycles. The molecular weight excluding hydrogens is 386 g/mol. The molecule has 0 saturated carbocycles. The number of benzene rings is 1. The Morgan fingerprint density at radius 3 is 2.50 bits per heavy atom. The van der Waals surface area contributed by atoms with E-state index in [1.807, 2.05) is 42.5 Å². The van der Waals surface area contributed by atoms with Crippen LogP contribution in [0.3, 0.4) is 0 Å². The molecule has 1 amide bonds. The van der Waals surface area contributed by atoms with Crippen molar-refractivity contribution in [1.82, 2.24) is 10.3 Å². The van der Waals surface area contributed by atoms with Crippen molar-refractivity contribution in [2.24, 2.45) is 4.99 Å². The second-order valence-electron chi connectivity index (χ2n) is 4.24. The first-order valence-corrected chi connectivity index (χ1v) is 7.77. The molecule has 1 saturated heterocycles. The van der Waals surface area contributed by atoms with Crippen molar-refractivity contribution in [3.05, 3.63) is 63.7 Å². The van der Waals surface area contributed by atoms with Crippen LogP contribution in [0.15, 0.2) is 63.2 Å². The lowest BCUT2D eigenvalue weighted by molar-refractivity contribution is -0.115. The molecule has 1 aromatic heterocycles. The van der Waals surface area contributed by atoms with E-state index < -0.39 is 0 Å². The smallest absolute Gasteiger partial charge is 0.264 e. The Labute approximate surface area is 146 Å². The van der Waals surface area contributed by atoms with Crippen LogP contribution in [-0.4, -0.2) is 16.1 Å². The van der Waals surface area contributed by atoms with E-state index in [1.54, 1.807) is 12.4 Å². The predicted molar refractivity (Wildman–Crippen MR) is 96.4 cm³/mol. The number of carbonyl (C=O) groups excluding carboxylic acids is 1. The van der Waals surface area contributed by atoms with Crippen LogP contribution in [0.2, 0.25) is 0 Å². The molecule has 0 unspecified atom stereocenters. The zero-order valence-corrected chi connectivity index (χ0v) is 14.4. The molecule has 112 valence electrons. The zero-order valence-electron chi connectivity index (χ0n) is 11.2. The Kier molecular flexibility index (Phi) is 5.76. The van der Waals surface area contributed by atoms with Crippen LogP contribution >= 0.6 is 40.1 Å². The second kappa shape index (κ2) is 7.58. The summed E-state index contributed by atoms with van der Waals surface area (Å²) < 4.78 is 0.993. The summed E-state index contributed by atoms with van der Waals surface area (Å²) in [6.07, 6.45) is 5.22. The summed E-state index contributed by atoms with van der Waals surface area (Å²) in [4.78, 5) is 20.9. The molecule has 22 heavy (non-hydrogen) atoms. The average Bonchev–Trinajstić information content (AvgIpc) is 2.82. The molecule has 0 radical (unpaired) electrons. The van der Waals surface area contributed by atoms with Gasteiger partial charge >= 0.3 is 0 Å². The molecule has 3 rings (SSSR count). The van der Waals surface area contributed by atoms with Crippen molar-refractivity contribution < 1.29 is 4.79 Å². The number of amidine groups is 1. The minimum atomic E-state index is -0.132. The van der Waals surface area contributed by atoms with Crippen molar-refractivity contribution >= 4 is 62.9 Å². The third-order valence-corrected chi connectivity index (χ3v) is 4.15. The maximum atomic E-state index is 11.9. The summed E-state index contributed by atoms with van der Waals surface area (Å²) >= 11 is 4.71. The highest BCUT2D eigenvalue weighted by atomic mass is 79.9. The van der Waals surface area contributed by atoms with Crippen LogP contribution < -0.4 is 5.32 Å². The zero-order chi connectivity index (χ0) is 14.7. The third-order valence-electron chi connectivity index (χ3n) is 2.71. The number of nitrogens with zero attached hydrogens (tertiary/aromatic N) is 2. The van der Waals surface area contributed by atoms with E-state index >= 15 is 0 Å². The van der Waals surface area contributed by atoms with E-state index in [0.717, 1.165) is 15.7 Å². The van der Waals surface area contributed by atoms with E-state index in [0.29, 0.717) is 10.1 Å². The van der Waals surface area contributed by atoms with Crippen LogP contribution in [0.5, 0.6) is 0 Å². The Hall–Kier alpha value is -1.63. The highest BCUT2D eigenvalue weighted by Crippen LogP contribution is 2.28.